The molecule has 61 heavy (non-hydrogen) atoms. The quantitative estimate of drug-likeness (QED) is 0.173. The van der Waals surface area contributed by atoms with Gasteiger partial charge in [-0.15, -0.1) is 0 Å². The fourth-order valence-electron chi connectivity index (χ4n) is 10.9. The van der Waals surface area contributed by atoms with E-state index in [1.807, 2.05) is 6.07 Å². The van der Waals surface area contributed by atoms with E-state index in [0.29, 0.717) is 0 Å². The smallest absolute Gasteiger partial charge is 0.136 e. The van der Waals surface area contributed by atoms with Crippen LogP contribution >= 0.6 is 0 Å². The van der Waals surface area contributed by atoms with Crippen LogP contribution in [0.25, 0.3) is 77.2 Å². The second kappa shape index (κ2) is 13.0. The highest BCUT2D eigenvalue weighted by Crippen LogP contribution is 2.65. The number of furan rings is 1. The first-order valence-corrected chi connectivity index (χ1v) is 21.1. The Labute approximate surface area is 354 Å². The van der Waals surface area contributed by atoms with Gasteiger partial charge in [-0.2, -0.15) is 0 Å². The maximum absolute atomic E-state index is 6.47. The summed E-state index contributed by atoms with van der Waals surface area (Å²) in [6.45, 7) is 0. The predicted molar refractivity (Wildman–Crippen MR) is 253 cm³/mol. The Balaban J connectivity index is 1.10. The summed E-state index contributed by atoms with van der Waals surface area (Å²) in [6, 6.07) is 82.3. The molecule has 0 saturated carbocycles. The number of hydrogen-bond acceptors (Lipinski definition) is 2. The van der Waals surface area contributed by atoms with Crippen molar-refractivity contribution in [2.24, 2.45) is 0 Å². The van der Waals surface area contributed by atoms with E-state index in [0.717, 1.165) is 50.1 Å². The lowest BCUT2D eigenvalue weighted by molar-refractivity contribution is 0.669. The summed E-state index contributed by atoms with van der Waals surface area (Å²) in [5.41, 5.74) is 19.7. The van der Waals surface area contributed by atoms with Crippen LogP contribution in [-0.2, 0) is 5.41 Å². The van der Waals surface area contributed by atoms with Gasteiger partial charge in [-0.25, -0.2) is 0 Å². The maximum atomic E-state index is 6.47. The zero-order valence-corrected chi connectivity index (χ0v) is 33.2. The summed E-state index contributed by atoms with van der Waals surface area (Å²) in [5, 5.41) is 4.73. The highest BCUT2D eigenvalue weighted by atomic mass is 16.3. The van der Waals surface area contributed by atoms with Crippen molar-refractivity contribution in [3.63, 3.8) is 0 Å². The van der Waals surface area contributed by atoms with E-state index in [1.54, 1.807) is 0 Å². The second-order valence-corrected chi connectivity index (χ2v) is 16.3. The van der Waals surface area contributed by atoms with Crippen molar-refractivity contribution in [2.75, 3.05) is 4.90 Å². The van der Waals surface area contributed by atoms with Crippen molar-refractivity contribution >= 4 is 49.8 Å². The molecule has 1 heterocycles. The molecule has 2 nitrogen and oxygen atoms in total. The standard InChI is InChI=1S/C59H37NO/c1-2-18-41-38(16-1)17-13-24-42(41)39-34-36-40(37-35-39)60(53-30-11-6-21-45(53)46-25-14-33-56-57(46)48-23-7-12-32-55(48)61-56)54-31-15-29-52-58(54)47-22-5-10-28-51(47)59(52)49-26-8-3-19-43(49)44-20-4-9-27-50(44)59/h1-37H. The van der Waals surface area contributed by atoms with Crippen LogP contribution in [-0.4, -0.2) is 0 Å². The molecule has 0 N–H and O–H groups in total. The van der Waals surface area contributed by atoms with Gasteiger partial charge in [-0.05, 0) is 103 Å². The van der Waals surface area contributed by atoms with Gasteiger partial charge in [-0.3, -0.25) is 0 Å². The van der Waals surface area contributed by atoms with Crippen LogP contribution in [0.4, 0.5) is 17.1 Å². The Morgan fingerprint density at radius 1 is 0.328 bits per heavy atom. The Bertz CT molecular complexity index is 3500. The van der Waals surface area contributed by atoms with Crippen LogP contribution in [0.5, 0.6) is 0 Å². The van der Waals surface area contributed by atoms with Gasteiger partial charge in [0.15, 0.2) is 0 Å². The van der Waals surface area contributed by atoms with Gasteiger partial charge in [0.1, 0.15) is 11.2 Å². The van der Waals surface area contributed by atoms with E-state index in [2.05, 4.69) is 223 Å². The third-order valence-electron chi connectivity index (χ3n) is 13.3. The fourth-order valence-corrected chi connectivity index (χ4v) is 10.9. The lowest BCUT2D eigenvalue weighted by Crippen LogP contribution is -2.26. The molecule has 13 rings (SSSR count). The fraction of sp³-hybridized carbons (Fsp3) is 0.0169. The molecule has 0 radical (unpaired) electrons. The molecule has 0 bridgehead atoms. The van der Waals surface area contributed by atoms with Crippen LogP contribution in [0.1, 0.15) is 22.3 Å². The molecule has 11 aromatic rings. The molecule has 10 aromatic carbocycles. The molecule has 0 atom stereocenters. The molecular formula is C59H37NO. The van der Waals surface area contributed by atoms with Crippen LogP contribution in [0.2, 0.25) is 0 Å². The zero-order chi connectivity index (χ0) is 40.1. The summed E-state index contributed by atoms with van der Waals surface area (Å²) >= 11 is 0. The van der Waals surface area contributed by atoms with E-state index >= 15 is 0 Å². The van der Waals surface area contributed by atoms with Crippen molar-refractivity contribution in [2.45, 2.75) is 5.41 Å². The largest absolute Gasteiger partial charge is 0.456 e. The molecule has 284 valence electrons. The van der Waals surface area contributed by atoms with Gasteiger partial charge in [-0.1, -0.05) is 188 Å². The number of anilines is 3. The van der Waals surface area contributed by atoms with Crippen molar-refractivity contribution in [3.8, 4) is 44.5 Å². The first-order chi connectivity index (χ1) is 30.3. The molecular weight excluding hydrogens is 739 g/mol. The topological polar surface area (TPSA) is 16.4 Å². The lowest BCUT2D eigenvalue weighted by Gasteiger charge is -2.32. The summed E-state index contributed by atoms with van der Waals surface area (Å²) in [6.07, 6.45) is 0. The highest BCUT2D eigenvalue weighted by Gasteiger charge is 2.52. The summed E-state index contributed by atoms with van der Waals surface area (Å²) < 4.78 is 6.47. The molecule has 2 aliphatic carbocycles. The van der Waals surface area contributed by atoms with E-state index in [-0.39, 0.29) is 0 Å². The molecule has 2 heteroatoms. The van der Waals surface area contributed by atoms with E-state index in [4.69, 9.17) is 4.42 Å². The molecule has 0 fully saturated rings. The van der Waals surface area contributed by atoms with E-state index in [9.17, 15) is 0 Å². The normalized spacial score (nSPS) is 13.0. The van der Waals surface area contributed by atoms with Gasteiger partial charge >= 0.3 is 0 Å². The first-order valence-electron chi connectivity index (χ1n) is 21.1. The van der Waals surface area contributed by atoms with Crippen molar-refractivity contribution < 1.29 is 4.42 Å². The summed E-state index contributed by atoms with van der Waals surface area (Å²) in [5.74, 6) is 0. The second-order valence-electron chi connectivity index (χ2n) is 16.3. The third-order valence-corrected chi connectivity index (χ3v) is 13.3. The molecule has 0 saturated heterocycles. The molecule has 2 aliphatic rings. The maximum Gasteiger partial charge on any atom is 0.136 e. The number of fused-ring (bicyclic) bond motifs is 14. The van der Waals surface area contributed by atoms with Gasteiger partial charge in [0, 0.05) is 27.6 Å². The zero-order valence-electron chi connectivity index (χ0n) is 33.2. The van der Waals surface area contributed by atoms with Gasteiger partial charge in [0.2, 0.25) is 0 Å². The molecule has 0 aliphatic heterocycles. The van der Waals surface area contributed by atoms with Gasteiger partial charge < -0.3 is 9.32 Å². The Hall–Kier alpha value is -7.94. The predicted octanol–water partition coefficient (Wildman–Crippen LogP) is 15.9. The highest BCUT2D eigenvalue weighted by molar-refractivity contribution is 6.14. The minimum absolute atomic E-state index is 0.458. The Morgan fingerprint density at radius 3 is 1.62 bits per heavy atom. The average molecular weight is 776 g/mol. The molecule has 0 amide bonds. The number of para-hydroxylation sites is 2. The average Bonchev–Trinajstić information content (AvgIpc) is 3.97. The molecule has 0 unspecified atom stereocenters. The van der Waals surface area contributed by atoms with Crippen LogP contribution in [0.3, 0.4) is 0 Å². The van der Waals surface area contributed by atoms with Gasteiger partial charge in [0.25, 0.3) is 0 Å². The summed E-state index contributed by atoms with van der Waals surface area (Å²) in [7, 11) is 0. The minimum Gasteiger partial charge on any atom is -0.456 e. The monoisotopic (exact) mass is 775 g/mol. The van der Waals surface area contributed by atoms with Crippen molar-refractivity contribution in [1.29, 1.82) is 0 Å². The SMILES string of the molecule is c1ccc(N(c2ccc(-c3cccc4ccccc34)cc2)c2cccc3c2-c2ccccc2C32c3ccccc3-c3ccccc32)c(-c2cccc3oc4ccccc4c23)c1. The van der Waals surface area contributed by atoms with E-state index < -0.39 is 5.41 Å². The minimum atomic E-state index is -0.458. The van der Waals surface area contributed by atoms with Crippen LogP contribution in [0.15, 0.2) is 229 Å². The van der Waals surface area contributed by atoms with Crippen LogP contribution < -0.4 is 4.90 Å². The number of benzene rings is 10. The Kier molecular flexibility index (Phi) is 7.26. The van der Waals surface area contributed by atoms with E-state index in [1.165, 1.54) is 66.4 Å². The Morgan fingerprint density at radius 2 is 0.836 bits per heavy atom. The van der Waals surface area contributed by atoms with Crippen molar-refractivity contribution in [1.82, 2.24) is 0 Å². The van der Waals surface area contributed by atoms with Crippen LogP contribution in [0, 0.1) is 0 Å². The molecule has 1 aromatic heterocycles. The first kappa shape index (κ1) is 34.0. The van der Waals surface area contributed by atoms with Crippen molar-refractivity contribution in [3.05, 3.63) is 247 Å². The number of nitrogens with zero attached hydrogens (tertiary/aromatic N) is 1. The third kappa shape index (κ3) is 4.73. The lowest BCUT2D eigenvalue weighted by atomic mass is 9.70. The summed E-state index contributed by atoms with van der Waals surface area (Å²) in [4.78, 5) is 2.50. The number of hydrogen-bond donors (Lipinski definition) is 0. The molecule has 1 spiro atoms. The number of rotatable bonds is 5. The van der Waals surface area contributed by atoms with Gasteiger partial charge in [0.05, 0.1) is 16.8 Å².